The van der Waals surface area contributed by atoms with E-state index in [2.05, 4.69) is 9.97 Å². The summed E-state index contributed by atoms with van der Waals surface area (Å²) < 4.78 is 24.3. The molecule has 0 atom stereocenters. The Bertz CT molecular complexity index is 1170. The van der Waals surface area contributed by atoms with E-state index >= 15 is 0 Å². The van der Waals surface area contributed by atoms with Crippen molar-refractivity contribution in [3.8, 4) is 11.1 Å². The summed E-state index contributed by atoms with van der Waals surface area (Å²) in [4.78, 5) is 19.6. The first-order valence-electron chi connectivity index (χ1n) is 6.68. The van der Waals surface area contributed by atoms with Crippen LogP contribution in [0.3, 0.4) is 0 Å². The van der Waals surface area contributed by atoms with Crippen LogP contribution < -0.4 is 5.56 Å². The molecule has 0 radical (unpaired) electrons. The molecule has 1 N–H and O–H groups in total. The van der Waals surface area contributed by atoms with Gasteiger partial charge in [-0.3, -0.25) is 9.36 Å². The predicted octanol–water partition coefficient (Wildman–Crippen LogP) is 2.30. The zero-order valence-corrected chi connectivity index (χ0v) is 13.9. The molecule has 6 nitrogen and oxygen atoms in total. The van der Waals surface area contributed by atoms with E-state index in [4.69, 9.17) is 11.6 Å². The number of halogens is 1. The normalized spacial score (nSPS) is 10.9. The highest BCUT2D eigenvalue weighted by molar-refractivity contribution is 7.64. The molecule has 2 aromatic heterocycles. The minimum Gasteiger partial charge on any atom is -0.331 e. The monoisotopic (exact) mass is 349 g/mol. The van der Waals surface area contributed by atoms with Gasteiger partial charge in [0.1, 0.15) is 11.5 Å². The molecule has 0 saturated carbocycles. The van der Waals surface area contributed by atoms with Crippen molar-refractivity contribution >= 4 is 32.9 Å². The van der Waals surface area contributed by atoms with Gasteiger partial charge in [0.25, 0.3) is 5.56 Å². The zero-order chi connectivity index (χ0) is 16.7. The van der Waals surface area contributed by atoms with Crippen LogP contribution in [0.25, 0.3) is 22.2 Å². The van der Waals surface area contributed by atoms with Crippen molar-refractivity contribution in [3.63, 3.8) is 0 Å². The first-order valence-corrected chi connectivity index (χ1v) is 8.13. The number of fused-ring (bicyclic) bond motifs is 1. The molecule has 0 spiro atoms. The Hall–Kier alpha value is -2.38. The Balaban J connectivity index is 2.59. The maximum atomic E-state index is 12.6. The molecular weight excluding hydrogens is 338 g/mol. The number of rotatable bonds is 1. The van der Waals surface area contributed by atoms with Crippen molar-refractivity contribution in [2.24, 2.45) is 7.05 Å². The van der Waals surface area contributed by atoms with Gasteiger partial charge in [0.2, 0.25) is 10.3 Å². The number of nitrogens with zero attached hydrogens (tertiary/aromatic N) is 2. The molecule has 0 saturated heterocycles. The molecule has 0 aliphatic heterocycles. The van der Waals surface area contributed by atoms with E-state index in [-0.39, 0.29) is 10.2 Å². The number of benzene rings is 1. The Labute approximate surface area is 137 Å². The molecule has 118 valence electrons. The minimum atomic E-state index is -2.49. The van der Waals surface area contributed by atoms with Crippen molar-refractivity contribution in [1.82, 2.24) is 14.5 Å². The Kier molecular flexibility index (Phi) is 3.83. The fraction of sp³-hybridized carbons (Fsp3) is 0.133. The third-order valence-electron chi connectivity index (χ3n) is 3.53. The highest BCUT2D eigenvalue weighted by Crippen LogP contribution is 2.26. The molecule has 0 aliphatic carbocycles. The Morgan fingerprint density at radius 2 is 1.91 bits per heavy atom. The van der Waals surface area contributed by atoms with E-state index in [0.29, 0.717) is 33.0 Å². The van der Waals surface area contributed by atoms with Gasteiger partial charge in [0.05, 0.1) is 5.39 Å². The molecule has 8 heteroatoms. The van der Waals surface area contributed by atoms with Crippen LogP contribution in [0.2, 0.25) is 5.02 Å². The standard InChI is InChI=1S/C15H12ClN3O3S/c1-8-17-13-11(14(18-8)23(21)22)7-10(15(20)19(13)2)9-5-3-4-6-12(9)16/h3-7H,1-2H3,(H,17,18). The maximum Gasteiger partial charge on any atom is 0.259 e. The van der Waals surface area contributed by atoms with Crippen LogP contribution in [-0.2, 0) is 17.3 Å². The summed E-state index contributed by atoms with van der Waals surface area (Å²) in [6.45, 7) is 1.63. The van der Waals surface area contributed by atoms with Crippen molar-refractivity contribution in [3.05, 3.63) is 56.2 Å². The van der Waals surface area contributed by atoms with Gasteiger partial charge < -0.3 is 4.98 Å². The van der Waals surface area contributed by atoms with Crippen LogP contribution in [0.1, 0.15) is 5.82 Å². The molecule has 0 aliphatic rings. The van der Waals surface area contributed by atoms with Gasteiger partial charge in [-0.25, -0.2) is 4.98 Å². The Morgan fingerprint density at radius 1 is 1.22 bits per heavy atom. The number of hydrogen-bond donors (Lipinski definition) is 1. The molecule has 0 unspecified atom stereocenters. The van der Waals surface area contributed by atoms with Crippen molar-refractivity contribution in [2.45, 2.75) is 6.92 Å². The van der Waals surface area contributed by atoms with E-state index in [9.17, 15) is 13.2 Å². The minimum absolute atomic E-state index is 0.0172. The van der Waals surface area contributed by atoms with Gasteiger partial charge >= 0.3 is 0 Å². The van der Waals surface area contributed by atoms with Crippen LogP contribution in [-0.4, -0.2) is 23.0 Å². The van der Waals surface area contributed by atoms with E-state index < -0.39 is 10.3 Å². The first kappa shape index (κ1) is 15.5. The third kappa shape index (κ3) is 2.58. The fourth-order valence-electron chi connectivity index (χ4n) is 2.45. The quantitative estimate of drug-likeness (QED) is 0.683. The molecule has 23 heavy (non-hydrogen) atoms. The summed E-state index contributed by atoms with van der Waals surface area (Å²) in [7, 11) is -0.942. The summed E-state index contributed by atoms with van der Waals surface area (Å²) in [5, 5.41) is 0.749. The number of hydrogen-bond acceptors (Lipinski definition) is 4. The molecule has 0 fully saturated rings. The summed E-state index contributed by atoms with van der Waals surface area (Å²) in [5.74, 6) is 0.400. The first-order chi connectivity index (χ1) is 10.9. The lowest BCUT2D eigenvalue weighted by Crippen LogP contribution is -2.20. The van der Waals surface area contributed by atoms with Crippen LogP contribution in [0, 0.1) is 11.6 Å². The summed E-state index contributed by atoms with van der Waals surface area (Å²) in [6, 6.07) is 8.41. The predicted molar refractivity (Wildman–Crippen MR) is 88.7 cm³/mol. The number of aromatic nitrogens is 3. The smallest absolute Gasteiger partial charge is 0.259 e. The number of pyridine rings is 1. The lowest BCUT2D eigenvalue weighted by Gasteiger charge is -2.10. The average Bonchev–Trinajstić information content (AvgIpc) is 2.51. The van der Waals surface area contributed by atoms with Crippen LogP contribution in [0.5, 0.6) is 0 Å². The molecular formula is C15H12ClN3O3S. The second-order valence-corrected chi connectivity index (χ2v) is 6.31. The number of nitrogens with one attached hydrogen (secondary N) is 1. The number of aromatic amines is 1. The highest BCUT2D eigenvalue weighted by atomic mass is 35.5. The maximum absolute atomic E-state index is 12.6. The fourth-order valence-corrected chi connectivity index (χ4v) is 3.25. The zero-order valence-electron chi connectivity index (χ0n) is 12.3. The molecule has 3 rings (SSSR count). The van der Waals surface area contributed by atoms with Crippen molar-refractivity contribution in [1.29, 1.82) is 0 Å². The van der Waals surface area contributed by atoms with Gasteiger partial charge in [-0.15, -0.1) is 0 Å². The van der Waals surface area contributed by atoms with Gasteiger partial charge in [-0.05, 0) is 19.1 Å². The molecule has 0 bridgehead atoms. The summed E-state index contributed by atoms with van der Waals surface area (Å²) in [5.41, 5.74) is 0.851. The lowest BCUT2D eigenvalue weighted by atomic mass is 10.1. The van der Waals surface area contributed by atoms with E-state index in [1.54, 1.807) is 38.2 Å². The molecule has 2 heterocycles. The van der Waals surface area contributed by atoms with E-state index in [1.807, 2.05) is 0 Å². The average molecular weight is 350 g/mol. The number of H-pyrrole nitrogens is 1. The second-order valence-electron chi connectivity index (χ2n) is 5.03. The molecule has 3 aromatic rings. The molecule has 0 amide bonds. The van der Waals surface area contributed by atoms with Crippen molar-refractivity contribution < 1.29 is 8.42 Å². The largest absolute Gasteiger partial charge is 0.331 e. The van der Waals surface area contributed by atoms with E-state index in [0.717, 1.165) is 0 Å². The van der Waals surface area contributed by atoms with Crippen LogP contribution in [0.15, 0.2) is 35.1 Å². The molecule has 1 aromatic carbocycles. The van der Waals surface area contributed by atoms with Crippen LogP contribution in [0.4, 0.5) is 0 Å². The van der Waals surface area contributed by atoms with Gasteiger partial charge in [-0.2, -0.15) is 8.42 Å². The summed E-state index contributed by atoms with van der Waals surface area (Å²) in [6.07, 6.45) is 0. The second kappa shape index (κ2) is 5.68. The SMILES string of the molecule is Cc1nc2c(cc(-c3ccccc3Cl)c(=O)n2C)c(=S(=O)=O)[nH]1. The highest BCUT2D eigenvalue weighted by Gasteiger charge is 2.14. The third-order valence-corrected chi connectivity index (χ3v) is 4.51. The number of aryl methyl sites for hydroxylation is 2. The Morgan fingerprint density at radius 3 is 2.57 bits per heavy atom. The van der Waals surface area contributed by atoms with Gasteiger partial charge in [-0.1, -0.05) is 29.8 Å². The summed E-state index contributed by atoms with van der Waals surface area (Å²) >= 11 is 6.17. The van der Waals surface area contributed by atoms with Gasteiger partial charge in [0, 0.05) is 23.2 Å². The van der Waals surface area contributed by atoms with E-state index in [1.165, 1.54) is 10.6 Å². The van der Waals surface area contributed by atoms with Crippen molar-refractivity contribution in [2.75, 3.05) is 0 Å². The van der Waals surface area contributed by atoms with Crippen LogP contribution >= 0.6 is 11.6 Å². The lowest BCUT2D eigenvalue weighted by molar-refractivity contribution is 0.624. The topological polar surface area (TPSA) is 84.8 Å². The van der Waals surface area contributed by atoms with Gasteiger partial charge in [0.15, 0.2) is 4.64 Å².